The molecule has 0 fully saturated rings. The van der Waals surface area contributed by atoms with Gasteiger partial charge >= 0.3 is 0 Å². The fourth-order valence-corrected chi connectivity index (χ4v) is 2.04. The molecule has 0 aliphatic carbocycles. The zero-order chi connectivity index (χ0) is 15.4. The second-order valence-corrected chi connectivity index (χ2v) is 4.43. The minimum absolute atomic E-state index is 0.548. The summed E-state index contributed by atoms with van der Waals surface area (Å²) >= 11 is 0. The van der Waals surface area contributed by atoms with E-state index in [4.69, 9.17) is 5.26 Å². The van der Waals surface area contributed by atoms with Crippen LogP contribution >= 0.6 is 0 Å². The summed E-state index contributed by atoms with van der Waals surface area (Å²) in [6.07, 6.45) is 6.16. The van der Waals surface area contributed by atoms with Crippen molar-refractivity contribution in [2.24, 2.45) is 0 Å². The van der Waals surface area contributed by atoms with Crippen LogP contribution in [-0.4, -0.2) is 15.0 Å². The second-order valence-electron chi connectivity index (χ2n) is 4.43. The van der Waals surface area contributed by atoms with Crippen LogP contribution in [0.1, 0.15) is 5.56 Å². The Hall–Kier alpha value is -3.33. The van der Waals surface area contributed by atoms with Crippen molar-refractivity contribution in [3.05, 3.63) is 72.8 Å². The van der Waals surface area contributed by atoms with Crippen LogP contribution in [0, 0.1) is 17.3 Å². The van der Waals surface area contributed by atoms with Crippen LogP contribution in [0.25, 0.3) is 0 Å². The summed E-state index contributed by atoms with van der Waals surface area (Å²) in [5.74, 6) is -0.548. The van der Waals surface area contributed by atoms with Gasteiger partial charge in [-0.25, -0.2) is 15.0 Å². The van der Waals surface area contributed by atoms with Crippen LogP contribution in [0.5, 0.6) is 0 Å². The molecule has 0 bridgehead atoms. The van der Waals surface area contributed by atoms with Crippen molar-refractivity contribution < 1.29 is 4.39 Å². The van der Waals surface area contributed by atoms with E-state index >= 15 is 0 Å². The molecule has 0 radical (unpaired) electrons. The predicted molar refractivity (Wildman–Crippen MR) is 79.2 cm³/mol. The van der Waals surface area contributed by atoms with Crippen molar-refractivity contribution in [2.45, 2.75) is 0 Å². The van der Waals surface area contributed by atoms with Crippen molar-refractivity contribution in [2.75, 3.05) is 4.90 Å². The Bertz CT molecular complexity index is 795. The molecule has 0 N–H and O–H groups in total. The van der Waals surface area contributed by atoms with Gasteiger partial charge in [0.1, 0.15) is 6.33 Å². The number of hydrogen-bond donors (Lipinski definition) is 0. The lowest BCUT2D eigenvalue weighted by Crippen LogP contribution is -2.11. The maximum atomic E-state index is 13.1. The number of pyridine rings is 1. The van der Waals surface area contributed by atoms with Crippen molar-refractivity contribution in [1.29, 1.82) is 5.26 Å². The molecule has 0 aliphatic rings. The molecule has 0 unspecified atom stereocenters. The maximum absolute atomic E-state index is 13.1. The van der Waals surface area contributed by atoms with Gasteiger partial charge < -0.3 is 4.90 Å². The molecule has 0 atom stereocenters. The first-order chi connectivity index (χ1) is 10.8. The topological polar surface area (TPSA) is 65.7 Å². The molecule has 0 saturated heterocycles. The van der Waals surface area contributed by atoms with Gasteiger partial charge in [0.05, 0.1) is 41.6 Å². The Morgan fingerprint density at radius 3 is 2.14 bits per heavy atom. The lowest BCUT2D eigenvalue weighted by atomic mass is 10.2. The molecule has 0 aliphatic heterocycles. The van der Waals surface area contributed by atoms with Gasteiger partial charge in [-0.1, -0.05) is 0 Å². The smallest absolute Gasteiger partial charge is 0.212 e. The number of rotatable bonds is 3. The number of hydrogen-bond acceptors (Lipinski definition) is 5. The fourth-order valence-electron chi connectivity index (χ4n) is 2.04. The van der Waals surface area contributed by atoms with E-state index < -0.39 is 5.95 Å². The van der Waals surface area contributed by atoms with Gasteiger partial charge in [0.2, 0.25) is 5.95 Å². The monoisotopic (exact) mass is 291 g/mol. The Labute approximate surface area is 126 Å². The highest BCUT2D eigenvalue weighted by molar-refractivity contribution is 5.75. The molecule has 3 aromatic rings. The first kappa shape index (κ1) is 13.6. The number of aromatic nitrogens is 3. The van der Waals surface area contributed by atoms with Gasteiger partial charge in [0, 0.05) is 5.69 Å². The fraction of sp³-hybridized carbons (Fsp3) is 0. The predicted octanol–water partition coefficient (Wildman–Crippen LogP) is 3.35. The third kappa shape index (κ3) is 2.74. The molecule has 0 amide bonds. The van der Waals surface area contributed by atoms with Gasteiger partial charge in [-0.2, -0.15) is 9.65 Å². The summed E-state index contributed by atoms with van der Waals surface area (Å²) in [5.41, 5.74) is 2.73. The number of halogens is 1. The van der Waals surface area contributed by atoms with Crippen LogP contribution in [0.3, 0.4) is 0 Å². The van der Waals surface area contributed by atoms with E-state index in [2.05, 4.69) is 21.0 Å². The van der Waals surface area contributed by atoms with Crippen molar-refractivity contribution >= 4 is 17.1 Å². The Morgan fingerprint density at radius 2 is 1.55 bits per heavy atom. The van der Waals surface area contributed by atoms with Gasteiger partial charge in [-0.3, -0.25) is 0 Å². The van der Waals surface area contributed by atoms with E-state index in [1.807, 2.05) is 4.90 Å². The standard InChI is InChI=1S/C16H10FN5/c17-16-6-5-14(10-21-16)22(15-8-19-11-20-9-15)13-3-1-12(7-18)2-4-13/h1-6,8-11H. The third-order valence-electron chi connectivity index (χ3n) is 3.03. The van der Waals surface area contributed by atoms with E-state index in [0.29, 0.717) is 16.9 Å². The van der Waals surface area contributed by atoms with E-state index in [9.17, 15) is 4.39 Å². The van der Waals surface area contributed by atoms with Crippen molar-refractivity contribution in [3.8, 4) is 6.07 Å². The number of nitrogens with zero attached hydrogens (tertiary/aromatic N) is 5. The van der Waals surface area contributed by atoms with E-state index in [1.54, 1.807) is 42.7 Å². The maximum Gasteiger partial charge on any atom is 0.212 e. The summed E-state index contributed by atoms with van der Waals surface area (Å²) in [5, 5.41) is 8.90. The third-order valence-corrected chi connectivity index (χ3v) is 3.03. The first-order valence-electron chi connectivity index (χ1n) is 6.45. The average molecular weight is 291 g/mol. The first-order valence-corrected chi connectivity index (χ1v) is 6.45. The quantitative estimate of drug-likeness (QED) is 0.692. The van der Waals surface area contributed by atoms with Gasteiger partial charge in [-0.15, -0.1) is 0 Å². The van der Waals surface area contributed by atoms with Crippen molar-refractivity contribution in [3.63, 3.8) is 0 Å². The highest BCUT2D eigenvalue weighted by atomic mass is 19.1. The zero-order valence-electron chi connectivity index (χ0n) is 11.4. The summed E-state index contributed by atoms with van der Waals surface area (Å²) in [6, 6.07) is 12.0. The number of anilines is 3. The van der Waals surface area contributed by atoms with Gasteiger partial charge in [0.25, 0.3) is 0 Å². The minimum atomic E-state index is -0.548. The van der Waals surface area contributed by atoms with Gasteiger partial charge in [0.15, 0.2) is 0 Å². The molecule has 0 spiro atoms. The van der Waals surface area contributed by atoms with E-state index in [1.165, 1.54) is 18.6 Å². The molecule has 5 nitrogen and oxygen atoms in total. The molecule has 1 aromatic carbocycles. The summed E-state index contributed by atoms with van der Waals surface area (Å²) in [6.45, 7) is 0. The highest BCUT2D eigenvalue weighted by Crippen LogP contribution is 2.32. The van der Waals surface area contributed by atoms with E-state index in [0.717, 1.165) is 5.69 Å². The van der Waals surface area contributed by atoms with Crippen LogP contribution < -0.4 is 4.90 Å². The number of nitriles is 1. The lowest BCUT2D eigenvalue weighted by Gasteiger charge is -2.24. The molecule has 2 heterocycles. The van der Waals surface area contributed by atoms with Crippen LogP contribution in [0.15, 0.2) is 61.3 Å². The molecule has 0 saturated carbocycles. The number of benzene rings is 1. The lowest BCUT2D eigenvalue weighted by molar-refractivity contribution is 0.584. The summed E-state index contributed by atoms with van der Waals surface area (Å²) < 4.78 is 13.1. The molecule has 3 rings (SSSR count). The SMILES string of the molecule is N#Cc1ccc(N(c2cncnc2)c2ccc(F)nc2)cc1. The molecular weight excluding hydrogens is 281 g/mol. The Balaban J connectivity index is 2.10. The van der Waals surface area contributed by atoms with Crippen LogP contribution in [0.4, 0.5) is 21.5 Å². The van der Waals surface area contributed by atoms with Crippen LogP contribution in [-0.2, 0) is 0 Å². The van der Waals surface area contributed by atoms with Gasteiger partial charge in [-0.05, 0) is 36.4 Å². The molecular formula is C16H10FN5. The van der Waals surface area contributed by atoms with E-state index in [-0.39, 0.29) is 0 Å². The molecule has 22 heavy (non-hydrogen) atoms. The molecule has 106 valence electrons. The Morgan fingerprint density at radius 1 is 0.864 bits per heavy atom. The normalized spacial score (nSPS) is 10.0. The summed E-state index contributed by atoms with van der Waals surface area (Å²) in [7, 11) is 0. The summed E-state index contributed by atoms with van der Waals surface area (Å²) in [4.78, 5) is 13.5. The van der Waals surface area contributed by atoms with Crippen LogP contribution in [0.2, 0.25) is 0 Å². The second kappa shape index (κ2) is 5.97. The minimum Gasteiger partial charge on any atom is -0.306 e. The largest absolute Gasteiger partial charge is 0.306 e. The highest BCUT2D eigenvalue weighted by Gasteiger charge is 2.13. The average Bonchev–Trinajstić information content (AvgIpc) is 2.58. The molecule has 6 heteroatoms. The molecule has 2 aromatic heterocycles. The zero-order valence-corrected chi connectivity index (χ0v) is 11.4. The van der Waals surface area contributed by atoms with Crippen molar-refractivity contribution in [1.82, 2.24) is 15.0 Å². The Kier molecular flexibility index (Phi) is 3.70.